The van der Waals surface area contributed by atoms with E-state index in [1.807, 2.05) is 0 Å². The van der Waals surface area contributed by atoms with E-state index in [2.05, 4.69) is 43.4 Å². The number of rotatable bonds is 5. The SMILES string of the molecule is CCNCC1(c2ccc(OC)cc2)CCCC1C. The molecule has 2 atom stereocenters. The third kappa shape index (κ3) is 2.39. The van der Waals surface area contributed by atoms with Gasteiger partial charge < -0.3 is 10.1 Å². The van der Waals surface area contributed by atoms with E-state index in [9.17, 15) is 0 Å². The summed E-state index contributed by atoms with van der Waals surface area (Å²) in [6.45, 7) is 6.72. The summed E-state index contributed by atoms with van der Waals surface area (Å²) in [5, 5.41) is 3.56. The number of likely N-dealkylation sites (N-methyl/N-ethyl adjacent to an activating group) is 1. The zero-order valence-electron chi connectivity index (χ0n) is 11.8. The maximum Gasteiger partial charge on any atom is 0.118 e. The molecule has 2 rings (SSSR count). The Hall–Kier alpha value is -1.02. The molecule has 2 heteroatoms. The first-order chi connectivity index (χ1) is 8.73. The second-order valence-electron chi connectivity index (χ2n) is 5.46. The van der Waals surface area contributed by atoms with Crippen LogP contribution in [0, 0.1) is 5.92 Å². The Balaban J connectivity index is 2.27. The fraction of sp³-hybridized carbons (Fsp3) is 0.625. The van der Waals surface area contributed by atoms with Gasteiger partial charge in [-0.3, -0.25) is 0 Å². The summed E-state index contributed by atoms with van der Waals surface area (Å²) in [5.41, 5.74) is 1.79. The smallest absolute Gasteiger partial charge is 0.118 e. The van der Waals surface area contributed by atoms with Gasteiger partial charge in [-0.15, -0.1) is 0 Å². The van der Waals surface area contributed by atoms with E-state index in [0.717, 1.165) is 24.8 Å². The number of benzene rings is 1. The average molecular weight is 247 g/mol. The van der Waals surface area contributed by atoms with Gasteiger partial charge in [0.15, 0.2) is 0 Å². The molecule has 2 nitrogen and oxygen atoms in total. The van der Waals surface area contributed by atoms with E-state index in [1.54, 1.807) is 7.11 Å². The number of hydrogen-bond acceptors (Lipinski definition) is 2. The molecule has 1 saturated carbocycles. The van der Waals surface area contributed by atoms with E-state index in [0.29, 0.717) is 5.41 Å². The second-order valence-corrected chi connectivity index (χ2v) is 5.46. The van der Waals surface area contributed by atoms with E-state index in [-0.39, 0.29) is 0 Å². The maximum absolute atomic E-state index is 5.26. The number of ether oxygens (including phenoxy) is 1. The average Bonchev–Trinajstić information content (AvgIpc) is 2.79. The molecular formula is C16H25NO. The Morgan fingerprint density at radius 2 is 2.06 bits per heavy atom. The topological polar surface area (TPSA) is 21.3 Å². The van der Waals surface area contributed by atoms with Crippen molar-refractivity contribution in [1.82, 2.24) is 5.32 Å². The minimum Gasteiger partial charge on any atom is -0.497 e. The van der Waals surface area contributed by atoms with Gasteiger partial charge in [0.05, 0.1) is 7.11 Å². The molecule has 1 aromatic rings. The molecule has 0 heterocycles. The minimum atomic E-state index is 0.322. The summed E-state index contributed by atoms with van der Waals surface area (Å²) in [6.07, 6.45) is 3.99. The third-order valence-electron chi connectivity index (χ3n) is 4.56. The van der Waals surface area contributed by atoms with Crippen LogP contribution in [0.3, 0.4) is 0 Å². The molecule has 1 N–H and O–H groups in total. The van der Waals surface area contributed by atoms with Crippen LogP contribution in [0.1, 0.15) is 38.7 Å². The standard InChI is InChI=1S/C16H25NO/c1-4-17-12-16(11-5-6-13(16)2)14-7-9-15(18-3)10-8-14/h7-10,13,17H,4-6,11-12H2,1-3H3. The highest BCUT2D eigenvalue weighted by atomic mass is 16.5. The molecule has 1 aromatic carbocycles. The van der Waals surface area contributed by atoms with Crippen LogP contribution in [0.4, 0.5) is 0 Å². The molecule has 1 fully saturated rings. The Bertz CT molecular complexity index is 373. The first-order valence-corrected chi connectivity index (χ1v) is 7.08. The largest absolute Gasteiger partial charge is 0.497 e. The molecular weight excluding hydrogens is 222 g/mol. The number of hydrogen-bond donors (Lipinski definition) is 1. The zero-order chi connectivity index (χ0) is 13.0. The van der Waals surface area contributed by atoms with Gasteiger partial charge in [-0.25, -0.2) is 0 Å². The lowest BCUT2D eigenvalue weighted by atomic mass is 9.73. The lowest BCUT2D eigenvalue weighted by Gasteiger charge is -2.35. The lowest BCUT2D eigenvalue weighted by molar-refractivity contribution is 0.319. The van der Waals surface area contributed by atoms with E-state index < -0.39 is 0 Å². The molecule has 1 aliphatic carbocycles. The van der Waals surface area contributed by atoms with Crippen LogP contribution in [0.15, 0.2) is 24.3 Å². The summed E-state index contributed by atoms with van der Waals surface area (Å²) in [6, 6.07) is 8.68. The highest BCUT2D eigenvalue weighted by molar-refractivity contribution is 5.34. The first kappa shape index (κ1) is 13.4. The normalized spacial score (nSPS) is 27.4. The summed E-state index contributed by atoms with van der Waals surface area (Å²) in [5.74, 6) is 1.70. The molecule has 2 unspecified atom stereocenters. The predicted molar refractivity (Wildman–Crippen MR) is 76.2 cm³/mol. The van der Waals surface area contributed by atoms with Crippen molar-refractivity contribution in [2.24, 2.45) is 5.92 Å². The molecule has 0 bridgehead atoms. The molecule has 1 aliphatic rings. The highest BCUT2D eigenvalue weighted by Gasteiger charge is 2.41. The summed E-state index contributed by atoms with van der Waals surface area (Å²) < 4.78 is 5.26. The Morgan fingerprint density at radius 1 is 1.33 bits per heavy atom. The van der Waals surface area contributed by atoms with Crippen molar-refractivity contribution in [2.75, 3.05) is 20.2 Å². The van der Waals surface area contributed by atoms with Crippen LogP contribution >= 0.6 is 0 Å². The molecule has 0 spiro atoms. The fourth-order valence-corrected chi connectivity index (χ4v) is 3.31. The maximum atomic E-state index is 5.26. The van der Waals surface area contributed by atoms with Crippen molar-refractivity contribution in [3.63, 3.8) is 0 Å². The lowest BCUT2D eigenvalue weighted by Crippen LogP contribution is -2.40. The van der Waals surface area contributed by atoms with Crippen LogP contribution in [-0.2, 0) is 5.41 Å². The van der Waals surface area contributed by atoms with Gasteiger partial charge in [0, 0.05) is 12.0 Å². The van der Waals surface area contributed by atoms with Crippen molar-refractivity contribution < 1.29 is 4.74 Å². The van der Waals surface area contributed by atoms with Crippen LogP contribution in [0.2, 0.25) is 0 Å². The first-order valence-electron chi connectivity index (χ1n) is 7.08. The molecule has 0 radical (unpaired) electrons. The molecule has 0 aromatic heterocycles. The fourth-order valence-electron chi connectivity index (χ4n) is 3.31. The van der Waals surface area contributed by atoms with Crippen molar-refractivity contribution in [2.45, 2.75) is 38.5 Å². The highest BCUT2D eigenvalue weighted by Crippen LogP contribution is 2.45. The Labute approximate surface area is 111 Å². The summed E-state index contributed by atoms with van der Waals surface area (Å²) in [7, 11) is 1.72. The van der Waals surface area contributed by atoms with Gasteiger partial charge >= 0.3 is 0 Å². The second kappa shape index (κ2) is 5.75. The van der Waals surface area contributed by atoms with Gasteiger partial charge in [-0.05, 0) is 43.0 Å². The van der Waals surface area contributed by atoms with Crippen molar-refractivity contribution in [1.29, 1.82) is 0 Å². The van der Waals surface area contributed by atoms with E-state index in [1.165, 1.54) is 24.8 Å². The monoisotopic (exact) mass is 247 g/mol. The molecule has 0 saturated heterocycles. The van der Waals surface area contributed by atoms with Gasteiger partial charge in [0.25, 0.3) is 0 Å². The van der Waals surface area contributed by atoms with Gasteiger partial charge in [0.2, 0.25) is 0 Å². The van der Waals surface area contributed by atoms with Crippen LogP contribution < -0.4 is 10.1 Å². The Morgan fingerprint density at radius 3 is 2.56 bits per heavy atom. The summed E-state index contributed by atoms with van der Waals surface area (Å²) >= 11 is 0. The van der Waals surface area contributed by atoms with Crippen LogP contribution in [0.5, 0.6) is 5.75 Å². The quantitative estimate of drug-likeness (QED) is 0.861. The number of methoxy groups -OCH3 is 1. The van der Waals surface area contributed by atoms with Crippen molar-refractivity contribution >= 4 is 0 Å². The van der Waals surface area contributed by atoms with E-state index >= 15 is 0 Å². The molecule has 0 amide bonds. The van der Waals surface area contributed by atoms with E-state index in [4.69, 9.17) is 4.74 Å². The summed E-state index contributed by atoms with van der Waals surface area (Å²) in [4.78, 5) is 0. The minimum absolute atomic E-state index is 0.322. The molecule has 100 valence electrons. The zero-order valence-corrected chi connectivity index (χ0v) is 11.8. The van der Waals surface area contributed by atoms with Crippen molar-refractivity contribution in [3.05, 3.63) is 29.8 Å². The van der Waals surface area contributed by atoms with Gasteiger partial charge in [-0.1, -0.05) is 32.4 Å². The van der Waals surface area contributed by atoms with Gasteiger partial charge in [-0.2, -0.15) is 0 Å². The van der Waals surface area contributed by atoms with Gasteiger partial charge in [0.1, 0.15) is 5.75 Å². The van der Waals surface area contributed by atoms with Crippen molar-refractivity contribution in [3.8, 4) is 5.75 Å². The van der Waals surface area contributed by atoms with Crippen LogP contribution in [0.25, 0.3) is 0 Å². The third-order valence-corrected chi connectivity index (χ3v) is 4.56. The van der Waals surface area contributed by atoms with Crippen LogP contribution in [-0.4, -0.2) is 20.2 Å². The Kier molecular flexibility index (Phi) is 4.28. The molecule has 18 heavy (non-hydrogen) atoms. The molecule has 0 aliphatic heterocycles. The predicted octanol–water partition coefficient (Wildman–Crippen LogP) is 3.36. The number of nitrogens with one attached hydrogen (secondary N) is 1.